The molecule has 0 N–H and O–H groups in total. The third-order valence-electron chi connectivity index (χ3n) is 26.0. The summed E-state index contributed by atoms with van der Waals surface area (Å²) in [6, 6.07) is 143. The van der Waals surface area contributed by atoms with Gasteiger partial charge < -0.3 is 22.4 Å². The lowest BCUT2D eigenvalue weighted by molar-refractivity contribution is 0.668. The predicted molar refractivity (Wildman–Crippen MR) is 507 cm³/mol. The van der Waals surface area contributed by atoms with Gasteiger partial charge in [0.1, 0.15) is 33.5 Å². The van der Waals surface area contributed by atoms with Crippen LogP contribution in [-0.2, 0) is 0 Å². The van der Waals surface area contributed by atoms with Crippen molar-refractivity contribution in [3.63, 3.8) is 0 Å². The van der Waals surface area contributed by atoms with E-state index >= 15 is 0 Å². The van der Waals surface area contributed by atoms with Gasteiger partial charge in [0.25, 0.3) is 0 Å². The van der Waals surface area contributed by atoms with E-state index in [1.807, 2.05) is 11.3 Å². The molecule has 21 aromatic carbocycles. The molecule has 0 amide bonds. The summed E-state index contributed by atoms with van der Waals surface area (Å²) in [6.45, 7) is 0. The molecule has 554 valence electrons. The largest absolute Gasteiger partial charge is 0.456 e. The number of thiophene rings is 1. The second kappa shape index (κ2) is 25.0. The molecule has 5 nitrogen and oxygen atoms in total. The van der Waals surface area contributed by atoms with Crippen LogP contribution in [0.3, 0.4) is 0 Å². The highest BCUT2D eigenvalue weighted by Crippen LogP contribution is 2.51. The van der Waals surface area contributed by atoms with Crippen molar-refractivity contribution in [2.45, 2.75) is 0 Å². The number of aromatic nitrogens is 2. The maximum atomic E-state index is 7.39. The first-order valence-corrected chi connectivity index (χ1v) is 42.0. The minimum Gasteiger partial charge on any atom is -0.456 e. The molecule has 0 unspecified atom stereocenters. The molecule has 0 bridgehead atoms. The fraction of sp³-hybridized carbons (Fsp3) is 0. The Bertz CT molecular complexity index is 9160. The maximum Gasteiger partial charge on any atom is 0.138 e. The summed E-state index contributed by atoms with van der Waals surface area (Å²) in [5.41, 5.74) is 25.2. The molecule has 0 spiro atoms. The first-order valence-electron chi connectivity index (χ1n) is 41.1. The van der Waals surface area contributed by atoms with Gasteiger partial charge in [-0.2, -0.15) is 0 Å². The van der Waals surface area contributed by atoms with Gasteiger partial charge in [-0.3, -0.25) is 0 Å². The number of rotatable bonds is 8. The Labute approximate surface area is 689 Å². The van der Waals surface area contributed by atoms with Crippen LogP contribution in [0.2, 0.25) is 0 Å². The summed E-state index contributed by atoms with van der Waals surface area (Å²) in [7, 11) is 0. The van der Waals surface area contributed by atoms with Crippen LogP contribution in [-0.4, -0.2) is 9.13 Å². The molecule has 0 atom stereocenters. The van der Waals surface area contributed by atoms with Gasteiger partial charge in [-0.25, -0.2) is 0 Å². The second-order valence-corrected chi connectivity index (χ2v) is 33.5. The Hall–Kier alpha value is -15.6. The molecule has 27 aromatic rings. The first kappa shape index (κ1) is 65.6. The lowest BCUT2D eigenvalue weighted by atomic mass is 9.90. The Morgan fingerprint density at radius 2 is 0.508 bits per heavy atom. The van der Waals surface area contributed by atoms with Crippen LogP contribution in [0.4, 0.5) is 0 Å². The lowest BCUT2D eigenvalue weighted by Gasteiger charge is -2.14. The molecule has 0 aliphatic rings. The molecule has 0 saturated carbocycles. The average Bonchev–Trinajstić information content (AvgIpc) is 1.67. The van der Waals surface area contributed by atoms with E-state index in [1.165, 1.54) is 123 Å². The van der Waals surface area contributed by atoms with E-state index in [0.29, 0.717) is 0 Å². The van der Waals surface area contributed by atoms with Crippen LogP contribution >= 0.6 is 11.3 Å². The van der Waals surface area contributed by atoms with Gasteiger partial charge in [0.15, 0.2) is 0 Å². The van der Waals surface area contributed by atoms with E-state index in [4.69, 9.17) is 13.3 Å². The van der Waals surface area contributed by atoms with E-state index in [9.17, 15) is 0 Å². The van der Waals surface area contributed by atoms with Gasteiger partial charge in [0, 0.05) is 91.7 Å². The quantitative estimate of drug-likeness (QED) is 0.142. The number of hydrogen-bond acceptors (Lipinski definition) is 4. The number of para-hydroxylation sites is 3. The summed E-state index contributed by atoms with van der Waals surface area (Å²) < 4.78 is 28.4. The number of nitrogens with zero attached hydrogens (tertiary/aromatic N) is 2. The Kier molecular flexibility index (Phi) is 13.7. The fourth-order valence-corrected chi connectivity index (χ4v) is 21.8. The molecule has 6 aromatic heterocycles. The molecule has 6 heteroatoms. The number of fused-ring (bicyclic) bond motifs is 30. The van der Waals surface area contributed by atoms with Crippen LogP contribution in [0.25, 0.3) is 272 Å². The smallest absolute Gasteiger partial charge is 0.138 e. The lowest BCUT2D eigenvalue weighted by Crippen LogP contribution is -1.95. The van der Waals surface area contributed by atoms with Crippen LogP contribution in [0.15, 0.2) is 401 Å². The second-order valence-electron chi connectivity index (χ2n) is 32.4. The number of furan rings is 3. The first-order chi connectivity index (χ1) is 59.4. The van der Waals surface area contributed by atoms with E-state index in [-0.39, 0.29) is 0 Å². The van der Waals surface area contributed by atoms with Crippen LogP contribution < -0.4 is 0 Å². The van der Waals surface area contributed by atoms with Gasteiger partial charge in [0.2, 0.25) is 0 Å². The van der Waals surface area contributed by atoms with E-state index < -0.39 is 0 Å². The maximum absolute atomic E-state index is 7.39. The molecular formula is C114H64N2O3S. The van der Waals surface area contributed by atoms with Gasteiger partial charge in [-0.1, -0.05) is 261 Å². The van der Waals surface area contributed by atoms with Crippen LogP contribution in [0.1, 0.15) is 0 Å². The van der Waals surface area contributed by atoms with Crippen molar-refractivity contribution in [3.8, 4) is 78.1 Å². The number of benzene rings is 21. The third kappa shape index (κ3) is 9.59. The van der Waals surface area contributed by atoms with Crippen molar-refractivity contribution in [1.29, 1.82) is 0 Å². The summed E-state index contributed by atoms with van der Waals surface area (Å²) in [6.07, 6.45) is 0. The summed E-state index contributed by atoms with van der Waals surface area (Å²) in [4.78, 5) is 0. The molecular weight excluding hydrogens is 1480 g/mol. The van der Waals surface area contributed by atoms with Crippen molar-refractivity contribution in [3.05, 3.63) is 388 Å². The zero-order valence-electron chi connectivity index (χ0n) is 64.5. The summed E-state index contributed by atoms with van der Waals surface area (Å²) in [5.74, 6) is 0. The fourth-order valence-electron chi connectivity index (χ4n) is 20.6. The SMILES string of the molecule is c1ccc(-c2ccc3c(c2)oc2cc(-c4cc(-n5c6ccccc6c6cc(-c7ccc8c9ccccc9c9cc(-c%10ccc%11c(c%10)oc%10cc(-n%12c%13ccccc%13c%13cc(-c%14ccc%15c%16ccccc%16c%16ccccc%16c%15c%14)ccc%13%12)cc(-c%12cccc%13c%12sc%12ccccc%12%13)c%10%11)ccc9c8c7)ccc65)cc5oc6ccccc6c45)ccc23)cc1. The van der Waals surface area contributed by atoms with Crippen molar-refractivity contribution in [2.75, 3.05) is 0 Å². The van der Waals surface area contributed by atoms with Gasteiger partial charge >= 0.3 is 0 Å². The average molecular weight is 1540 g/mol. The summed E-state index contributed by atoms with van der Waals surface area (Å²) in [5, 5.41) is 28.7. The predicted octanol–water partition coefficient (Wildman–Crippen LogP) is 32.9. The van der Waals surface area contributed by atoms with Gasteiger partial charge in [-0.15, -0.1) is 11.3 Å². The highest BCUT2D eigenvalue weighted by atomic mass is 32.1. The van der Waals surface area contributed by atoms with Gasteiger partial charge in [-0.05, 0) is 241 Å². The van der Waals surface area contributed by atoms with Crippen molar-refractivity contribution < 1.29 is 13.3 Å². The highest BCUT2D eigenvalue weighted by molar-refractivity contribution is 7.26. The Balaban J connectivity index is 0.579. The van der Waals surface area contributed by atoms with Crippen molar-refractivity contribution in [2.24, 2.45) is 0 Å². The minimum atomic E-state index is 0.827. The molecule has 0 aliphatic carbocycles. The Morgan fingerprint density at radius 3 is 1.07 bits per heavy atom. The van der Waals surface area contributed by atoms with E-state index in [2.05, 4.69) is 397 Å². The van der Waals surface area contributed by atoms with E-state index in [0.717, 1.165) is 149 Å². The highest BCUT2D eigenvalue weighted by Gasteiger charge is 2.26. The summed E-state index contributed by atoms with van der Waals surface area (Å²) >= 11 is 1.87. The zero-order chi connectivity index (χ0) is 78.1. The monoisotopic (exact) mass is 1540 g/mol. The topological polar surface area (TPSA) is 49.3 Å². The molecule has 0 aliphatic heterocycles. The molecule has 0 radical (unpaired) electrons. The Morgan fingerprint density at radius 1 is 0.167 bits per heavy atom. The molecule has 0 saturated heterocycles. The van der Waals surface area contributed by atoms with Gasteiger partial charge in [0.05, 0.1) is 33.4 Å². The molecule has 27 rings (SSSR count). The van der Waals surface area contributed by atoms with Crippen LogP contribution in [0.5, 0.6) is 0 Å². The van der Waals surface area contributed by atoms with E-state index in [1.54, 1.807) is 0 Å². The van der Waals surface area contributed by atoms with Crippen LogP contribution in [0, 0.1) is 0 Å². The number of hydrogen-bond donors (Lipinski definition) is 0. The molecule has 6 heterocycles. The van der Waals surface area contributed by atoms with Crippen molar-refractivity contribution >= 4 is 206 Å². The molecule has 0 fully saturated rings. The third-order valence-corrected chi connectivity index (χ3v) is 27.3. The van der Waals surface area contributed by atoms with Crippen molar-refractivity contribution in [1.82, 2.24) is 9.13 Å². The minimum absolute atomic E-state index is 0.827. The normalized spacial score (nSPS) is 12.3. The zero-order valence-corrected chi connectivity index (χ0v) is 65.3. The standard InChI is InChI=1S/C114H64N2O3S/c1-2-19-65(20-3-1)71-40-48-87-88-49-42-73(60-107(88)118-106(87)58-71)94-61-74(63-109-112(94)92-30-12-16-35-105(92)117-109)115-101-33-14-10-27-85(101)98-57-70(43-51-103(98)115)67-38-46-83-79-24-7-9-26-81(79)96-55-68(39-47-84(96)97(83)54-67)72-41-50-93-108(59-72)119-110-64-75(62-100(113(93)110)91-32-18-31-90-89-29-13-17-36-111(89)120-114(90)91)116-102-34-15-11-28-86(102)99-56-69(44-52-104(99)116)66-37-45-82-78-23-5-4-21-76(78)77-22-6-8-25-80(77)95(82)53-66/h1-64H. The molecule has 120 heavy (non-hydrogen) atoms.